The lowest BCUT2D eigenvalue weighted by Crippen LogP contribution is -2.33. The molecule has 1 aromatic carbocycles. The third kappa shape index (κ3) is 2.63. The summed E-state index contributed by atoms with van der Waals surface area (Å²) in [5.41, 5.74) is 1.27. The van der Waals surface area contributed by atoms with E-state index in [0.29, 0.717) is 6.54 Å². The quantitative estimate of drug-likeness (QED) is 0.891. The van der Waals surface area contributed by atoms with Crippen LogP contribution >= 0.6 is 12.4 Å². The number of ether oxygens (including phenoxy) is 2. The SMILES string of the molecule is Cl.O=C(NCc1cccc2c1OCO2)C1CC12CCNCC2. The van der Waals surface area contributed by atoms with E-state index >= 15 is 0 Å². The van der Waals surface area contributed by atoms with Gasteiger partial charge >= 0.3 is 0 Å². The minimum Gasteiger partial charge on any atom is -0.454 e. The van der Waals surface area contributed by atoms with Crippen LogP contribution in [0.25, 0.3) is 0 Å². The van der Waals surface area contributed by atoms with Crippen LogP contribution in [0.5, 0.6) is 11.5 Å². The Bertz CT molecular complexity index is 573. The van der Waals surface area contributed by atoms with Gasteiger partial charge in [-0.2, -0.15) is 0 Å². The number of amides is 1. The van der Waals surface area contributed by atoms with Crippen molar-refractivity contribution in [1.29, 1.82) is 0 Å². The number of piperidine rings is 1. The van der Waals surface area contributed by atoms with Crippen molar-refractivity contribution in [2.24, 2.45) is 11.3 Å². The number of benzene rings is 1. The van der Waals surface area contributed by atoms with Crippen molar-refractivity contribution in [3.63, 3.8) is 0 Å². The highest BCUT2D eigenvalue weighted by atomic mass is 35.5. The smallest absolute Gasteiger partial charge is 0.231 e. The third-order valence-corrected chi connectivity index (χ3v) is 5.04. The summed E-state index contributed by atoms with van der Waals surface area (Å²) in [6.45, 7) is 2.86. The number of hydrogen-bond donors (Lipinski definition) is 2. The van der Waals surface area contributed by atoms with Crippen LogP contribution in [-0.2, 0) is 11.3 Å². The van der Waals surface area contributed by atoms with Crippen molar-refractivity contribution in [2.75, 3.05) is 19.9 Å². The van der Waals surface area contributed by atoms with Gasteiger partial charge < -0.3 is 20.1 Å². The van der Waals surface area contributed by atoms with Crippen molar-refractivity contribution in [2.45, 2.75) is 25.8 Å². The Morgan fingerprint density at radius 3 is 2.95 bits per heavy atom. The van der Waals surface area contributed by atoms with Gasteiger partial charge in [0, 0.05) is 18.0 Å². The summed E-state index contributed by atoms with van der Waals surface area (Å²) in [6, 6.07) is 5.79. The highest BCUT2D eigenvalue weighted by Crippen LogP contribution is 2.58. The first-order valence-electron chi connectivity index (χ1n) is 7.64. The van der Waals surface area contributed by atoms with Crippen molar-refractivity contribution < 1.29 is 14.3 Å². The van der Waals surface area contributed by atoms with Gasteiger partial charge in [-0.3, -0.25) is 4.79 Å². The fraction of sp³-hybridized carbons (Fsp3) is 0.562. The Kier molecular flexibility index (Phi) is 4.19. The third-order valence-electron chi connectivity index (χ3n) is 5.04. The summed E-state index contributed by atoms with van der Waals surface area (Å²) in [7, 11) is 0. The molecule has 2 heterocycles. The zero-order valence-corrected chi connectivity index (χ0v) is 13.2. The summed E-state index contributed by atoms with van der Waals surface area (Å²) in [5, 5.41) is 6.43. The molecule has 4 rings (SSSR count). The molecule has 1 aliphatic carbocycles. The highest BCUT2D eigenvalue weighted by Gasteiger charge is 2.57. The fourth-order valence-electron chi connectivity index (χ4n) is 3.63. The number of carbonyl (C=O) groups excluding carboxylic acids is 1. The van der Waals surface area contributed by atoms with E-state index in [1.54, 1.807) is 0 Å². The molecule has 3 aliphatic rings. The fourth-order valence-corrected chi connectivity index (χ4v) is 3.63. The number of carbonyl (C=O) groups is 1. The van der Waals surface area contributed by atoms with E-state index in [-0.39, 0.29) is 36.4 Å². The van der Waals surface area contributed by atoms with Crippen LogP contribution in [0.15, 0.2) is 18.2 Å². The second kappa shape index (κ2) is 5.97. The van der Waals surface area contributed by atoms with Crippen molar-refractivity contribution in [1.82, 2.24) is 10.6 Å². The predicted molar refractivity (Wildman–Crippen MR) is 84.3 cm³/mol. The van der Waals surface area contributed by atoms with E-state index in [1.165, 1.54) is 0 Å². The second-order valence-electron chi connectivity index (χ2n) is 6.24. The van der Waals surface area contributed by atoms with Gasteiger partial charge in [-0.1, -0.05) is 12.1 Å². The van der Waals surface area contributed by atoms with Gasteiger partial charge in [0.15, 0.2) is 11.5 Å². The second-order valence-corrected chi connectivity index (χ2v) is 6.24. The first kappa shape index (κ1) is 15.4. The molecule has 1 saturated heterocycles. The van der Waals surface area contributed by atoms with Gasteiger partial charge in [-0.25, -0.2) is 0 Å². The lowest BCUT2D eigenvalue weighted by molar-refractivity contribution is -0.123. The van der Waals surface area contributed by atoms with E-state index < -0.39 is 0 Å². The van der Waals surface area contributed by atoms with E-state index in [2.05, 4.69) is 10.6 Å². The molecule has 22 heavy (non-hydrogen) atoms. The van der Waals surface area contributed by atoms with Crippen LogP contribution in [0.3, 0.4) is 0 Å². The zero-order valence-electron chi connectivity index (χ0n) is 12.4. The molecule has 1 aromatic rings. The molecule has 1 unspecified atom stereocenters. The standard InChI is InChI=1S/C16H20N2O3.ClH/c19-15(12-8-16(12)4-6-17-7-5-16)18-9-11-2-1-3-13-14(11)21-10-20-13;/h1-3,12,17H,4-10H2,(H,18,19);1H. The Morgan fingerprint density at radius 2 is 2.14 bits per heavy atom. The summed E-state index contributed by atoms with van der Waals surface area (Å²) in [4.78, 5) is 12.3. The molecule has 1 atom stereocenters. The number of para-hydroxylation sites is 1. The Labute approximate surface area is 136 Å². The molecule has 120 valence electrons. The molecule has 0 radical (unpaired) electrons. The molecule has 1 saturated carbocycles. The molecule has 6 heteroatoms. The Morgan fingerprint density at radius 1 is 1.32 bits per heavy atom. The molecule has 5 nitrogen and oxygen atoms in total. The van der Waals surface area contributed by atoms with Crippen LogP contribution in [0.1, 0.15) is 24.8 Å². The predicted octanol–water partition coefficient (Wildman–Crippen LogP) is 1.84. The van der Waals surface area contributed by atoms with E-state index in [9.17, 15) is 4.79 Å². The Hall–Kier alpha value is -1.46. The molecule has 0 aromatic heterocycles. The van der Waals surface area contributed by atoms with Gasteiger partial charge in [0.1, 0.15) is 0 Å². The molecule has 2 aliphatic heterocycles. The maximum Gasteiger partial charge on any atom is 0.231 e. The molecular weight excluding hydrogens is 304 g/mol. The monoisotopic (exact) mass is 324 g/mol. The molecule has 1 spiro atoms. The van der Waals surface area contributed by atoms with Crippen LogP contribution in [0.4, 0.5) is 0 Å². The van der Waals surface area contributed by atoms with Crippen LogP contribution in [0.2, 0.25) is 0 Å². The average Bonchev–Trinajstić information content (AvgIpc) is 2.99. The lowest BCUT2D eigenvalue weighted by atomic mass is 9.92. The van der Waals surface area contributed by atoms with E-state index in [4.69, 9.17) is 9.47 Å². The number of nitrogens with one attached hydrogen (secondary N) is 2. The van der Waals surface area contributed by atoms with Crippen LogP contribution in [0, 0.1) is 11.3 Å². The maximum atomic E-state index is 12.3. The summed E-state index contributed by atoms with van der Waals surface area (Å²) in [6.07, 6.45) is 3.30. The van der Waals surface area contributed by atoms with Gasteiger partial charge in [0.25, 0.3) is 0 Å². The molecule has 1 amide bonds. The van der Waals surface area contributed by atoms with Gasteiger partial charge in [0.2, 0.25) is 12.7 Å². The normalized spacial score (nSPS) is 23.7. The van der Waals surface area contributed by atoms with Gasteiger partial charge in [-0.05, 0) is 43.8 Å². The number of fused-ring (bicyclic) bond motifs is 1. The summed E-state index contributed by atoms with van der Waals surface area (Å²) < 4.78 is 10.8. The van der Waals surface area contributed by atoms with Crippen molar-refractivity contribution in [3.8, 4) is 11.5 Å². The number of rotatable bonds is 3. The summed E-state index contributed by atoms with van der Waals surface area (Å²) in [5.74, 6) is 1.93. The van der Waals surface area contributed by atoms with Crippen molar-refractivity contribution in [3.05, 3.63) is 23.8 Å². The largest absolute Gasteiger partial charge is 0.454 e. The Balaban J connectivity index is 0.00000144. The number of halogens is 1. The average molecular weight is 325 g/mol. The van der Waals surface area contributed by atoms with Gasteiger partial charge in [-0.15, -0.1) is 12.4 Å². The minimum absolute atomic E-state index is 0. The zero-order chi connectivity index (χ0) is 14.3. The van der Waals surface area contributed by atoms with Crippen molar-refractivity contribution >= 4 is 18.3 Å². The minimum atomic E-state index is 0. The first-order chi connectivity index (χ1) is 10.3. The van der Waals surface area contributed by atoms with Gasteiger partial charge in [0.05, 0.1) is 0 Å². The maximum absolute atomic E-state index is 12.3. The van der Waals surface area contributed by atoms with Crippen LogP contribution < -0.4 is 20.1 Å². The van der Waals surface area contributed by atoms with E-state index in [1.807, 2.05) is 18.2 Å². The molecule has 0 bridgehead atoms. The molecule has 2 fully saturated rings. The first-order valence-corrected chi connectivity index (χ1v) is 7.64. The topological polar surface area (TPSA) is 59.6 Å². The molecular formula is C16H21ClN2O3. The van der Waals surface area contributed by atoms with Crippen LogP contribution in [-0.4, -0.2) is 25.8 Å². The molecule has 2 N–H and O–H groups in total. The van der Waals surface area contributed by atoms with E-state index in [0.717, 1.165) is 49.4 Å². The lowest BCUT2D eigenvalue weighted by Gasteiger charge is -2.23. The summed E-state index contributed by atoms with van der Waals surface area (Å²) >= 11 is 0. The number of hydrogen-bond acceptors (Lipinski definition) is 4. The highest BCUT2D eigenvalue weighted by molar-refractivity contribution is 5.85.